The van der Waals surface area contributed by atoms with Crippen molar-refractivity contribution in [1.29, 1.82) is 0 Å². The molecular formula is C9H10N2O. The molecule has 0 aliphatic rings. The van der Waals surface area contributed by atoms with E-state index in [-0.39, 0.29) is 5.78 Å². The van der Waals surface area contributed by atoms with Gasteiger partial charge in [0.2, 0.25) is 0 Å². The summed E-state index contributed by atoms with van der Waals surface area (Å²) in [6.45, 7) is 0. The number of ketones is 1. The number of hydrogen-bond acceptors (Lipinski definition) is 3. The van der Waals surface area contributed by atoms with E-state index in [9.17, 15) is 4.79 Å². The molecule has 0 unspecified atom stereocenters. The number of rotatable bonds is 3. The Labute approximate surface area is 71.2 Å². The SMILES string of the molecule is CN=CCC(=O)c1ccncc1. The number of Topliss-reactive ketones (excluding diaryl/α,β-unsaturated/α-hetero) is 1. The van der Waals surface area contributed by atoms with Crippen molar-refractivity contribution in [2.24, 2.45) is 4.99 Å². The molecule has 0 aliphatic heterocycles. The minimum absolute atomic E-state index is 0.0722. The van der Waals surface area contributed by atoms with Gasteiger partial charge in [-0.1, -0.05) is 0 Å². The van der Waals surface area contributed by atoms with Crippen molar-refractivity contribution in [2.45, 2.75) is 6.42 Å². The van der Waals surface area contributed by atoms with Gasteiger partial charge in [-0.15, -0.1) is 0 Å². The second-order valence-corrected chi connectivity index (χ2v) is 2.30. The van der Waals surface area contributed by atoms with E-state index in [0.29, 0.717) is 12.0 Å². The summed E-state index contributed by atoms with van der Waals surface area (Å²) >= 11 is 0. The highest BCUT2D eigenvalue weighted by atomic mass is 16.1. The van der Waals surface area contributed by atoms with E-state index in [0.717, 1.165) is 0 Å². The molecule has 0 aromatic carbocycles. The maximum absolute atomic E-state index is 11.3. The molecule has 1 heterocycles. The van der Waals surface area contributed by atoms with Gasteiger partial charge in [-0.05, 0) is 12.1 Å². The van der Waals surface area contributed by atoms with E-state index in [4.69, 9.17) is 0 Å². The van der Waals surface area contributed by atoms with Gasteiger partial charge in [-0.2, -0.15) is 0 Å². The van der Waals surface area contributed by atoms with Gasteiger partial charge in [-0.3, -0.25) is 9.78 Å². The lowest BCUT2D eigenvalue weighted by Crippen LogP contribution is -1.98. The minimum atomic E-state index is 0.0722. The molecule has 1 aromatic heterocycles. The lowest BCUT2D eigenvalue weighted by atomic mass is 10.1. The maximum Gasteiger partial charge on any atom is 0.168 e. The van der Waals surface area contributed by atoms with E-state index >= 15 is 0 Å². The fourth-order valence-electron chi connectivity index (χ4n) is 0.830. The number of pyridine rings is 1. The zero-order valence-electron chi connectivity index (χ0n) is 6.90. The quantitative estimate of drug-likeness (QED) is 0.497. The molecule has 0 saturated heterocycles. The molecule has 0 atom stereocenters. The summed E-state index contributed by atoms with van der Waals surface area (Å²) < 4.78 is 0. The van der Waals surface area contributed by atoms with Crippen LogP contribution >= 0.6 is 0 Å². The topological polar surface area (TPSA) is 42.3 Å². The van der Waals surface area contributed by atoms with Gasteiger partial charge in [0.05, 0.1) is 0 Å². The first-order valence-corrected chi connectivity index (χ1v) is 3.68. The summed E-state index contributed by atoms with van der Waals surface area (Å²) in [5.74, 6) is 0.0722. The highest BCUT2D eigenvalue weighted by molar-refractivity contribution is 6.03. The smallest absolute Gasteiger partial charge is 0.168 e. The van der Waals surface area contributed by atoms with E-state index in [2.05, 4.69) is 9.98 Å². The molecular weight excluding hydrogens is 152 g/mol. The van der Waals surface area contributed by atoms with Crippen LogP contribution in [-0.2, 0) is 0 Å². The summed E-state index contributed by atoms with van der Waals surface area (Å²) in [4.78, 5) is 18.8. The van der Waals surface area contributed by atoms with Crippen LogP contribution in [0.1, 0.15) is 16.8 Å². The molecule has 0 spiro atoms. The second kappa shape index (κ2) is 4.38. The first-order valence-electron chi connectivity index (χ1n) is 3.68. The fraction of sp³-hybridized carbons (Fsp3) is 0.222. The highest BCUT2D eigenvalue weighted by Gasteiger charge is 2.01. The number of aromatic nitrogens is 1. The van der Waals surface area contributed by atoms with Crippen molar-refractivity contribution in [3.05, 3.63) is 30.1 Å². The average Bonchev–Trinajstić information content (AvgIpc) is 2.15. The summed E-state index contributed by atoms with van der Waals surface area (Å²) in [5.41, 5.74) is 0.685. The molecule has 0 radical (unpaired) electrons. The van der Waals surface area contributed by atoms with E-state index in [1.165, 1.54) is 0 Å². The van der Waals surface area contributed by atoms with Gasteiger partial charge in [0.25, 0.3) is 0 Å². The Hall–Kier alpha value is -1.51. The van der Waals surface area contributed by atoms with Crippen molar-refractivity contribution in [3.8, 4) is 0 Å². The first-order chi connectivity index (χ1) is 5.84. The largest absolute Gasteiger partial charge is 0.300 e. The van der Waals surface area contributed by atoms with Crippen LogP contribution < -0.4 is 0 Å². The van der Waals surface area contributed by atoms with Crippen molar-refractivity contribution >= 4 is 12.0 Å². The zero-order valence-corrected chi connectivity index (χ0v) is 6.90. The molecule has 0 bridgehead atoms. The Bertz CT molecular complexity index is 280. The Kier molecular flexibility index (Phi) is 3.14. The lowest BCUT2D eigenvalue weighted by Gasteiger charge is -1.94. The molecule has 3 nitrogen and oxygen atoms in total. The van der Waals surface area contributed by atoms with Crippen molar-refractivity contribution < 1.29 is 4.79 Å². The van der Waals surface area contributed by atoms with Gasteiger partial charge in [0, 0.05) is 37.6 Å². The average molecular weight is 162 g/mol. The summed E-state index contributed by atoms with van der Waals surface area (Å²) in [5, 5.41) is 0. The molecule has 0 N–H and O–H groups in total. The predicted molar refractivity (Wildman–Crippen MR) is 47.6 cm³/mol. The van der Waals surface area contributed by atoms with Gasteiger partial charge in [0.15, 0.2) is 5.78 Å². The molecule has 62 valence electrons. The Morgan fingerprint density at radius 3 is 2.83 bits per heavy atom. The number of carbonyl (C=O) groups is 1. The zero-order chi connectivity index (χ0) is 8.81. The van der Waals surface area contributed by atoms with E-state index in [1.54, 1.807) is 37.8 Å². The summed E-state index contributed by atoms with van der Waals surface area (Å²) in [6.07, 6.45) is 5.18. The number of hydrogen-bond donors (Lipinski definition) is 0. The first kappa shape index (κ1) is 8.59. The van der Waals surface area contributed by atoms with Crippen molar-refractivity contribution in [2.75, 3.05) is 7.05 Å². The van der Waals surface area contributed by atoms with Crippen LogP contribution in [-0.4, -0.2) is 24.0 Å². The van der Waals surface area contributed by atoms with Crippen LogP contribution in [0.5, 0.6) is 0 Å². The molecule has 0 fully saturated rings. The standard InChI is InChI=1S/C9H10N2O/c1-10-5-4-9(12)8-2-6-11-7-3-8/h2-3,5-7H,4H2,1H3. The van der Waals surface area contributed by atoms with Crippen LogP contribution in [0.2, 0.25) is 0 Å². The van der Waals surface area contributed by atoms with E-state index < -0.39 is 0 Å². The Balaban J connectivity index is 2.66. The van der Waals surface area contributed by atoms with Gasteiger partial charge in [0.1, 0.15) is 0 Å². The third kappa shape index (κ3) is 2.27. The van der Waals surface area contributed by atoms with Crippen molar-refractivity contribution in [3.63, 3.8) is 0 Å². The molecule has 12 heavy (non-hydrogen) atoms. The number of nitrogens with zero attached hydrogens (tertiary/aromatic N) is 2. The molecule has 0 aliphatic carbocycles. The monoisotopic (exact) mass is 162 g/mol. The molecule has 1 aromatic rings. The molecule has 0 saturated carbocycles. The van der Waals surface area contributed by atoms with Crippen LogP contribution in [0.15, 0.2) is 29.5 Å². The predicted octanol–water partition coefficient (Wildman–Crippen LogP) is 1.35. The molecule has 3 heteroatoms. The maximum atomic E-state index is 11.3. The molecule has 1 rings (SSSR count). The van der Waals surface area contributed by atoms with Gasteiger partial charge < -0.3 is 4.99 Å². The summed E-state index contributed by atoms with van der Waals surface area (Å²) in [6, 6.07) is 3.40. The summed E-state index contributed by atoms with van der Waals surface area (Å²) in [7, 11) is 1.65. The fourth-order valence-corrected chi connectivity index (χ4v) is 0.830. The van der Waals surface area contributed by atoms with Gasteiger partial charge >= 0.3 is 0 Å². The Morgan fingerprint density at radius 1 is 1.58 bits per heavy atom. The van der Waals surface area contributed by atoms with Crippen LogP contribution in [0.4, 0.5) is 0 Å². The minimum Gasteiger partial charge on any atom is -0.300 e. The second-order valence-electron chi connectivity index (χ2n) is 2.30. The highest BCUT2D eigenvalue weighted by Crippen LogP contribution is 1.99. The molecule has 0 amide bonds. The van der Waals surface area contributed by atoms with Crippen molar-refractivity contribution in [1.82, 2.24) is 4.98 Å². The third-order valence-corrected chi connectivity index (χ3v) is 1.46. The Morgan fingerprint density at radius 2 is 2.25 bits per heavy atom. The van der Waals surface area contributed by atoms with Gasteiger partial charge in [-0.25, -0.2) is 0 Å². The number of carbonyl (C=O) groups excluding carboxylic acids is 1. The lowest BCUT2D eigenvalue weighted by molar-refractivity contribution is 0.100. The number of aliphatic imine (C=N–C) groups is 1. The van der Waals surface area contributed by atoms with Crippen LogP contribution in [0.3, 0.4) is 0 Å². The normalized spacial score (nSPS) is 10.4. The van der Waals surface area contributed by atoms with Crippen LogP contribution in [0, 0.1) is 0 Å². The third-order valence-electron chi connectivity index (χ3n) is 1.46. The van der Waals surface area contributed by atoms with E-state index in [1.807, 2.05) is 0 Å². The van der Waals surface area contributed by atoms with Crippen LogP contribution in [0.25, 0.3) is 0 Å².